The quantitative estimate of drug-likeness (QED) is 0.924. The van der Waals surface area contributed by atoms with Gasteiger partial charge in [0.05, 0.1) is 6.04 Å². The van der Waals surface area contributed by atoms with Crippen molar-refractivity contribution in [1.29, 1.82) is 0 Å². The van der Waals surface area contributed by atoms with Crippen molar-refractivity contribution in [3.63, 3.8) is 0 Å². The van der Waals surface area contributed by atoms with Crippen LogP contribution in [0.5, 0.6) is 0 Å². The summed E-state index contributed by atoms with van der Waals surface area (Å²) < 4.78 is 0. The van der Waals surface area contributed by atoms with Gasteiger partial charge in [0, 0.05) is 31.9 Å². The molecule has 0 aromatic heterocycles. The Morgan fingerprint density at radius 3 is 2.14 bits per heavy atom. The van der Waals surface area contributed by atoms with Crippen molar-refractivity contribution in [2.75, 3.05) is 38.5 Å². The molecule has 1 aromatic rings. The van der Waals surface area contributed by atoms with Crippen LogP contribution in [0.3, 0.4) is 0 Å². The summed E-state index contributed by atoms with van der Waals surface area (Å²) in [6.07, 6.45) is 0. The number of amides is 1. The van der Waals surface area contributed by atoms with Gasteiger partial charge in [-0.15, -0.1) is 0 Å². The van der Waals surface area contributed by atoms with Crippen LogP contribution in [0.15, 0.2) is 24.3 Å². The van der Waals surface area contributed by atoms with Gasteiger partial charge in [-0.1, -0.05) is 26.0 Å². The molecule has 2 rings (SSSR count). The number of anilines is 1. The van der Waals surface area contributed by atoms with Crippen LogP contribution >= 0.6 is 0 Å². The Kier molecular flexibility index (Phi) is 5.37. The predicted molar refractivity (Wildman–Crippen MR) is 87.7 cm³/mol. The largest absolute Gasteiger partial charge is 0.325 e. The molecule has 1 heterocycles. The van der Waals surface area contributed by atoms with E-state index in [0.717, 1.165) is 31.9 Å². The summed E-state index contributed by atoms with van der Waals surface area (Å²) in [6, 6.07) is 8.07. The van der Waals surface area contributed by atoms with E-state index < -0.39 is 0 Å². The molecule has 0 spiro atoms. The molecule has 1 saturated heterocycles. The van der Waals surface area contributed by atoms with Crippen molar-refractivity contribution in [2.24, 2.45) is 0 Å². The van der Waals surface area contributed by atoms with Crippen molar-refractivity contribution in [1.82, 2.24) is 9.80 Å². The maximum Gasteiger partial charge on any atom is 0.241 e. The number of rotatable bonds is 4. The van der Waals surface area contributed by atoms with Crippen LogP contribution in [-0.4, -0.2) is 55.0 Å². The lowest BCUT2D eigenvalue weighted by Crippen LogP contribution is -2.51. The zero-order chi connectivity index (χ0) is 15.4. The molecule has 1 fully saturated rings. The molecule has 1 aliphatic rings. The SMILES string of the molecule is CC(C)c1ccc(NC(=O)[C@@H](C)N2CCN(C)CC2)cc1. The average Bonchev–Trinajstić information content (AvgIpc) is 2.47. The lowest BCUT2D eigenvalue weighted by molar-refractivity contribution is -0.121. The Bertz CT molecular complexity index is 461. The lowest BCUT2D eigenvalue weighted by atomic mass is 10.0. The third kappa shape index (κ3) is 4.29. The second-order valence-electron chi connectivity index (χ2n) is 6.28. The minimum Gasteiger partial charge on any atom is -0.325 e. The van der Waals surface area contributed by atoms with E-state index in [1.165, 1.54) is 5.56 Å². The van der Waals surface area contributed by atoms with Crippen LogP contribution in [0.25, 0.3) is 0 Å². The van der Waals surface area contributed by atoms with Crippen molar-refractivity contribution in [2.45, 2.75) is 32.7 Å². The molecule has 1 amide bonds. The Morgan fingerprint density at radius 1 is 1.05 bits per heavy atom. The number of piperazine rings is 1. The Hall–Kier alpha value is -1.39. The molecular formula is C17H27N3O. The first-order valence-electron chi connectivity index (χ1n) is 7.81. The van der Waals surface area contributed by atoms with Crippen LogP contribution in [0.4, 0.5) is 5.69 Å². The number of benzene rings is 1. The number of carbonyl (C=O) groups is 1. The van der Waals surface area contributed by atoms with Crippen molar-refractivity contribution < 1.29 is 4.79 Å². The molecule has 0 bridgehead atoms. The molecule has 1 aliphatic heterocycles. The second kappa shape index (κ2) is 7.05. The maximum absolute atomic E-state index is 12.3. The maximum atomic E-state index is 12.3. The Morgan fingerprint density at radius 2 is 1.62 bits per heavy atom. The molecule has 0 saturated carbocycles. The molecule has 0 aliphatic carbocycles. The van der Waals surface area contributed by atoms with Gasteiger partial charge in [-0.05, 0) is 37.6 Å². The van der Waals surface area contributed by atoms with E-state index in [2.05, 4.69) is 48.1 Å². The first-order chi connectivity index (χ1) is 9.97. The summed E-state index contributed by atoms with van der Waals surface area (Å²) in [5.74, 6) is 0.593. The second-order valence-corrected chi connectivity index (χ2v) is 6.28. The van der Waals surface area contributed by atoms with Crippen LogP contribution in [0, 0.1) is 0 Å². The zero-order valence-corrected chi connectivity index (χ0v) is 13.6. The molecule has 0 unspecified atom stereocenters. The number of nitrogens with one attached hydrogen (secondary N) is 1. The van der Waals surface area contributed by atoms with Gasteiger partial charge in [0.2, 0.25) is 5.91 Å². The normalized spacial score (nSPS) is 18.7. The molecule has 1 N–H and O–H groups in total. The standard InChI is InChI=1S/C17H27N3O/c1-13(2)15-5-7-16(8-6-15)18-17(21)14(3)20-11-9-19(4)10-12-20/h5-8,13-14H,9-12H2,1-4H3,(H,18,21)/t14-/m1/s1. The summed E-state index contributed by atoms with van der Waals surface area (Å²) in [7, 11) is 2.12. The van der Waals surface area contributed by atoms with E-state index in [9.17, 15) is 4.79 Å². The number of hydrogen-bond donors (Lipinski definition) is 1. The third-order valence-corrected chi connectivity index (χ3v) is 4.31. The first-order valence-corrected chi connectivity index (χ1v) is 7.81. The molecule has 0 radical (unpaired) electrons. The van der Waals surface area contributed by atoms with E-state index in [-0.39, 0.29) is 11.9 Å². The number of carbonyl (C=O) groups excluding carboxylic acids is 1. The van der Waals surface area contributed by atoms with Gasteiger partial charge in [-0.2, -0.15) is 0 Å². The highest BCUT2D eigenvalue weighted by Crippen LogP contribution is 2.17. The van der Waals surface area contributed by atoms with Crippen molar-refractivity contribution in [3.05, 3.63) is 29.8 Å². The molecule has 4 heteroatoms. The number of hydrogen-bond acceptors (Lipinski definition) is 3. The fourth-order valence-electron chi connectivity index (χ4n) is 2.57. The zero-order valence-electron chi connectivity index (χ0n) is 13.6. The summed E-state index contributed by atoms with van der Waals surface area (Å²) in [5, 5.41) is 3.02. The Balaban J connectivity index is 1.91. The van der Waals surface area contributed by atoms with Crippen LogP contribution in [-0.2, 0) is 4.79 Å². The molecule has 4 nitrogen and oxygen atoms in total. The third-order valence-electron chi connectivity index (χ3n) is 4.31. The molecule has 116 valence electrons. The van der Waals surface area contributed by atoms with Gasteiger partial charge in [0.25, 0.3) is 0 Å². The van der Waals surface area contributed by atoms with Crippen molar-refractivity contribution >= 4 is 11.6 Å². The summed E-state index contributed by atoms with van der Waals surface area (Å²) >= 11 is 0. The van der Waals surface area contributed by atoms with Gasteiger partial charge < -0.3 is 10.2 Å². The first kappa shape index (κ1) is 16.0. The topological polar surface area (TPSA) is 35.6 Å². The minimum atomic E-state index is -0.0801. The smallest absolute Gasteiger partial charge is 0.241 e. The summed E-state index contributed by atoms with van der Waals surface area (Å²) in [4.78, 5) is 16.9. The molecule has 21 heavy (non-hydrogen) atoms. The predicted octanol–water partition coefficient (Wildman–Crippen LogP) is 2.38. The highest BCUT2D eigenvalue weighted by Gasteiger charge is 2.24. The minimum absolute atomic E-state index is 0.0801. The van der Waals surface area contributed by atoms with E-state index >= 15 is 0 Å². The van der Waals surface area contributed by atoms with E-state index in [4.69, 9.17) is 0 Å². The summed E-state index contributed by atoms with van der Waals surface area (Å²) in [5.41, 5.74) is 2.17. The molecule has 1 aromatic carbocycles. The van der Waals surface area contributed by atoms with Gasteiger partial charge in [0.15, 0.2) is 0 Å². The summed E-state index contributed by atoms with van der Waals surface area (Å²) in [6.45, 7) is 10.3. The van der Waals surface area contributed by atoms with Gasteiger partial charge in [0.1, 0.15) is 0 Å². The molecular weight excluding hydrogens is 262 g/mol. The lowest BCUT2D eigenvalue weighted by Gasteiger charge is -2.35. The fourth-order valence-corrected chi connectivity index (χ4v) is 2.57. The van der Waals surface area contributed by atoms with E-state index in [1.807, 2.05) is 19.1 Å². The fraction of sp³-hybridized carbons (Fsp3) is 0.588. The van der Waals surface area contributed by atoms with Crippen LogP contribution < -0.4 is 5.32 Å². The van der Waals surface area contributed by atoms with Gasteiger partial charge in [-0.3, -0.25) is 9.69 Å². The van der Waals surface area contributed by atoms with Gasteiger partial charge >= 0.3 is 0 Å². The number of likely N-dealkylation sites (N-methyl/N-ethyl adjacent to an activating group) is 1. The van der Waals surface area contributed by atoms with Crippen LogP contribution in [0.2, 0.25) is 0 Å². The van der Waals surface area contributed by atoms with Crippen LogP contribution in [0.1, 0.15) is 32.3 Å². The molecule has 1 atom stereocenters. The highest BCUT2D eigenvalue weighted by atomic mass is 16.2. The monoisotopic (exact) mass is 289 g/mol. The van der Waals surface area contributed by atoms with Crippen molar-refractivity contribution in [3.8, 4) is 0 Å². The highest BCUT2D eigenvalue weighted by molar-refractivity contribution is 5.94. The van der Waals surface area contributed by atoms with E-state index in [1.54, 1.807) is 0 Å². The van der Waals surface area contributed by atoms with Gasteiger partial charge in [-0.25, -0.2) is 0 Å². The van der Waals surface area contributed by atoms with E-state index in [0.29, 0.717) is 5.92 Å². The number of nitrogens with zero attached hydrogens (tertiary/aromatic N) is 2. The Labute approximate surface area is 128 Å². The average molecular weight is 289 g/mol.